The van der Waals surface area contributed by atoms with Gasteiger partial charge >= 0.3 is 0 Å². The average molecular weight is 348 g/mol. The lowest BCUT2D eigenvalue weighted by Gasteiger charge is -2.34. The Morgan fingerprint density at radius 2 is 2.12 bits per heavy atom. The smallest absolute Gasteiger partial charge is 0.166 e. The van der Waals surface area contributed by atoms with Gasteiger partial charge in [-0.2, -0.15) is 0 Å². The van der Waals surface area contributed by atoms with E-state index in [4.69, 9.17) is 14.7 Å². The number of ether oxygens (including phenoxy) is 1. The van der Waals surface area contributed by atoms with Crippen LogP contribution >= 0.6 is 0 Å². The maximum atomic E-state index is 5.61. The molecule has 5 heterocycles. The molecule has 0 saturated carbocycles. The molecule has 1 aliphatic rings. The number of nitrogens with zero attached hydrogens (tertiary/aromatic N) is 5. The minimum Gasteiger partial charge on any atom is -0.377 e. The fourth-order valence-electron chi connectivity index (χ4n) is 3.66. The SMILES string of the molecule is C[C@@H]1COCCN1c1nc(-c2cncc3[nH]ccc23)nc2c1ccn2C. The predicted octanol–water partition coefficient (Wildman–Crippen LogP) is 2.74. The molecule has 26 heavy (non-hydrogen) atoms. The van der Waals surface area contributed by atoms with Gasteiger partial charge in [-0.05, 0) is 19.1 Å². The monoisotopic (exact) mass is 348 g/mol. The fraction of sp³-hybridized carbons (Fsp3) is 0.316. The Balaban J connectivity index is 1.76. The van der Waals surface area contributed by atoms with Crippen molar-refractivity contribution in [3.63, 3.8) is 0 Å². The Labute approximate surface area is 150 Å². The maximum absolute atomic E-state index is 5.61. The molecule has 0 spiro atoms. The van der Waals surface area contributed by atoms with Crippen LogP contribution in [0.5, 0.6) is 0 Å². The zero-order valence-corrected chi connectivity index (χ0v) is 14.8. The summed E-state index contributed by atoms with van der Waals surface area (Å²) in [5, 5.41) is 2.15. The highest BCUT2D eigenvalue weighted by Gasteiger charge is 2.24. The van der Waals surface area contributed by atoms with Gasteiger partial charge in [-0.15, -0.1) is 0 Å². The molecule has 0 radical (unpaired) electrons. The maximum Gasteiger partial charge on any atom is 0.166 e. The lowest BCUT2D eigenvalue weighted by molar-refractivity contribution is 0.0987. The van der Waals surface area contributed by atoms with Gasteiger partial charge in [0.15, 0.2) is 5.82 Å². The van der Waals surface area contributed by atoms with Crippen molar-refractivity contribution < 1.29 is 4.74 Å². The van der Waals surface area contributed by atoms with Crippen molar-refractivity contribution in [2.45, 2.75) is 13.0 Å². The Hall–Kier alpha value is -2.93. The molecule has 0 amide bonds. The van der Waals surface area contributed by atoms with Crippen molar-refractivity contribution >= 4 is 27.8 Å². The number of hydrogen-bond donors (Lipinski definition) is 1. The van der Waals surface area contributed by atoms with E-state index in [-0.39, 0.29) is 6.04 Å². The van der Waals surface area contributed by atoms with Crippen LogP contribution in [0.4, 0.5) is 5.82 Å². The van der Waals surface area contributed by atoms with Crippen molar-refractivity contribution in [3.05, 3.63) is 36.9 Å². The molecule has 0 aliphatic carbocycles. The number of H-pyrrole nitrogens is 1. The van der Waals surface area contributed by atoms with Gasteiger partial charge in [-0.25, -0.2) is 9.97 Å². The fourth-order valence-corrected chi connectivity index (χ4v) is 3.66. The van der Waals surface area contributed by atoms with E-state index in [1.807, 2.05) is 42.5 Å². The summed E-state index contributed by atoms with van der Waals surface area (Å²) in [6, 6.07) is 4.41. The van der Waals surface area contributed by atoms with E-state index in [1.54, 1.807) is 0 Å². The second-order valence-corrected chi connectivity index (χ2v) is 6.78. The first-order valence-corrected chi connectivity index (χ1v) is 8.81. The summed E-state index contributed by atoms with van der Waals surface area (Å²) in [6.07, 6.45) is 7.62. The first-order chi connectivity index (χ1) is 12.7. The topological polar surface area (TPSA) is 71.9 Å². The van der Waals surface area contributed by atoms with Crippen LogP contribution in [0.2, 0.25) is 0 Å². The third-order valence-corrected chi connectivity index (χ3v) is 5.06. The van der Waals surface area contributed by atoms with E-state index in [2.05, 4.69) is 27.9 Å². The van der Waals surface area contributed by atoms with E-state index < -0.39 is 0 Å². The minimum atomic E-state index is 0.274. The summed E-state index contributed by atoms with van der Waals surface area (Å²) in [4.78, 5) is 19.7. The molecule has 7 heteroatoms. The Bertz CT molecular complexity index is 1100. The Morgan fingerprint density at radius 1 is 1.19 bits per heavy atom. The third-order valence-electron chi connectivity index (χ3n) is 5.06. The van der Waals surface area contributed by atoms with Crippen molar-refractivity contribution in [1.82, 2.24) is 24.5 Å². The number of pyridine rings is 1. The van der Waals surface area contributed by atoms with Gasteiger partial charge < -0.3 is 19.2 Å². The third kappa shape index (κ3) is 2.28. The van der Waals surface area contributed by atoms with E-state index in [1.165, 1.54) is 0 Å². The van der Waals surface area contributed by atoms with Gasteiger partial charge in [0.2, 0.25) is 0 Å². The lowest BCUT2D eigenvalue weighted by atomic mass is 10.1. The molecule has 1 atom stereocenters. The molecule has 132 valence electrons. The zero-order chi connectivity index (χ0) is 17.7. The lowest BCUT2D eigenvalue weighted by Crippen LogP contribution is -2.44. The minimum absolute atomic E-state index is 0.274. The van der Waals surface area contributed by atoms with E-state index in [0.717, 1.165) is 39.9 Å². The first kappa shape index (κ1) is 15.3. The van der Waals surface area contributed by atoms with Crippen molar-refractivity contribution in [2.75, 3.05) is 24.7 Å². The van der Waals surface area contributed by atoms with Crippen LogP contribution < -0.4 is 4.90 Å². The van der Waals surface area contributed by atoms with E-state index in [0.29, 0.717) is 19.0 Å². The molecular weight excluding hydrogens is 328 g/mol. The highest BCUT2D eigenvalue weighted by molar-refractivity contribution is 5.95. The predicted molar refractivity (Wildman–Crippen MR) is 101 cm³/mol. The van der Waals surface area contributed by atoms with Gasteiger partial charge in [-0.3, -0.25) is 4.98 Å². The van der Waals surface area contributed by atoms with Crippen LogP contribution in [0, 0.1) is 0 Å². The van der Waals surface area contributed by atoms with Crippen LogP contribution in [0.3, 0.4) is 0 Å². The number of morpholine rings is 1. The molecular formula is C19H20N6O. The summed E-state index contributed by atoms with van der Waals surface area (Å²) in [5.41, 5.74) is 2.85. The van der Waals surface area contributed by atoms with Gasteiger partial charge in [-0.1, -0.05) is 0 Å². The number of aryl methyl sites for hydroxylation is 1. The number of fused-ring (bicyclic) bond motifs is 2. The molecule has 0 unspecified atom stereocenters. The van der Waals surface area contributed by atoms with E-state index in [9.17, 15) is 0 Å². The molecule has 1 N–H and O–H groups in total. The van der Waals surface area contributed by atoms with Crippen molar-refractivity contribution in [1.29, 1.82) is 0 Å². The Morgan fingerprint density at radius 3 is 3.00 bits per heavy atom. The summed E-state index contributed by atoms with van der Waals surface area (Å²) in [6.45, 7) is 4.42. The van der Waals surface area contributed by atoms with Crippen LogP contribution in [0.15, 0.2) is 36.9 Å². The molecule has 4 aromatic rings. The number of anilines is 1. The molecule has 0 aromatic carbocycles. The number of nitrogens with one attached hydrogen (secondary N) is 1. The number of aromatic amines is 1. The second-order valence-electron chi connectivity index (χ2n) is 6.78. The van der Waals surface area contributed by atoms with Crippen LogP contribution in [0.1, 0.15) is 6.92 Å². The summed E-state index contributed by atoms with van der Waals surface area (Å²) in [7, 11) is 2.01. The summed E-state index contributed by atoms with van der Waals surface area (Å²) < 4.78 is 7.65. The first-order valence-electron chi connectivity index (χ1n) is 8.81. The van der Waals surface area contributed by atoms with E-state index >= 15 is 0 Å². The summed E-state index contributed by atoms with van der Waals surface area (Å²) in [5.74, 6) is 1.67. The van der Waals surface area contributed by atoms with Gasteiger partial charge in [0.25, 0.3) is 0 Å². The number of rotatable bonds is 2. The van der Waals surface area contributed by atoms with Gasteiger partial charge in [0.05, 0.1) is 36.4 Å². The molecule has 7 nitrogen and oxygen atoms in total. The molecule has 1 aliphatic heterocycles. The highest BCUT2D eigenvalue weighted by atomic mass is 16.5. The quantitative estimate of drug-likeness (QED) is 0.603. The standard InChI is InChI=1S/C19H20N6O/c1-12-11-26-8-7-25(12)19-14-4-6-24(2)18(14)22-17(23-19)15-9-20-10-16-13(15)3-5-21-16/h3-6,9-10,12,21H,7-8,11H2,1-2H3/t12-/m1/s1. The molecule has 1 fully saturated rings. The molecule has 1 saturated heterocycles. The van der Waals surface area contributed by atoms with Gasteiger partial charge in [0, 0.05) is 43.1 Å². The second kappa shape index (κ2) is 5.81. The number of hydrogen-bond acceptors (Lipinski definition) is 5. The van der Waals surface area contributed by atoms with Gasteiger partial charge in [0.1, 0.15) is 11.5 Å². The normalized spacial score (nSPS) is 18.1. The average Bonchev–Trinajstić information content (AvgIpc) is 3.28. The van der Waals surface area contributed by atoms with Crippen molar-refractivity contribution in [2.24, 2.45) is 7.05 Å². The summed E-state index contributed by atoms with van der Waals surface area (Å²) >= 11 is 0. The Kier molecular flexibility index (Phi) is 3.43. The number of aromatic nitrogens is 5. The van der Waals surface area contributed by atoms with Crippen LogP contribution in [-0.2, 0) is 11.8 Å². The van der Waals surface area contributed by atoms with Crippen LogP contribution in [-0.4, -0.2) is 50.3 Å². The molecule has 0 bridgehead atoms. The highest BCUT2D eigenvalue weighted by Crippen LogP contribution is 2.32. The van der Waals surface area contributed by atoms with Crippen LogP contribution in [0.25, 0.3) is 33.3 Å². The molecule has 5 rings (SSSR count). The van der Waals surface area contributed by atoms with Crippen molar-refractivity contribution in [3.8, 4) is 11.4 Å². The zero-order valence-electron chi connectivity index (χ0n) is 14.8. The largest absolute Gasteiger partial charge is 0.377 e. The molecule has 4 aromatic heterocycles.